The minimum Gasteiger partial charge on any atom is -0.348 e. The van der Waals surface area contributed by atoms with Crippen LogP contribution in [-0.2, 0) is 6.54 Å². The summed E-state index contributed by atoms with van der Waals surface area (Å²) in [6.45, 7) is 3.66. The van der Waals surface area contributed by atoms with Gasteiger partial charge >= 0.3 is 0 Å². The van der Waals surface area contributed by atoms with Gasteiger partial charge < -0.3 is 10.6 Å². The van der Waals surface area contributed by atoms with Crippen molar-refractivity contribution >= 4 is 30.1 Å². The van der Waals surface area contributed by atoms with Crippen molar-refractivity contribution in [3.8, 4) is 0 Å². The first kappa shape index (κ1) is 16.3. The third-order valence-corrected chi connectivity index (χ3v) is 4.85. The topological polar surface area (TPSA) is 76.0 Å². The third kappa shape index (κ3) is 3.25. The second kappa shape index (κ2) is 6.81. The molecule has 6 nitrogen and oxygen atoms in total. The highest BCUT2D eigenvalue weighted by molar-refractivity contribution is 7.99. The van der Waals surface area contributed by atoms with Crippen molar-refractivity contribution < 1.29 is 4.79 Å². The molecule has 0 bridgehead atoms. The van der Waals surface area contributed by atoms with Crippen LogP contribution in [0.15, 0.2) is 16.1 Å². The van der Waals surface area contributed by atoms with E-state index in [4.69, 9.17) is 0 Å². The molecule has 0 radical (unpaired) electrons. The Morgan fingerprint density at radius 3 is 3.14 bits per heavy atom. The average Bonchev–Trinajstić information content (AvgIpc) is 2.91. The second-order valence-corrected chi connectivity index (χ2v) is 6.29. The maximum atomic E-state index is 12.3. The fraction of sp³-hybridized carbons (Fsp3) is 0.615. The van der Waals surface area contributed by atoms with E-state index in [0.717, 1.165) is 25.1 Å². The Labute approximate surface area is 133 Å². The maximum Gasteiger partial charge on any atom is 0.267 e. The van der Waals surface area contributed by atoms with Gasteiger partial charge in [0.25, 0.3) is 11.5 Å². The first-order valence-corrected chi connectivity index (χ1v) is 7.92. The number of nitrogens with zero attached hydrogens (tertiary/aromatic N) is 2. The number of carbonyl (C=O) groups is 1. The lowest BCUT2D eigenvalue weighted by molar-refractivity contribution is 0.0917. The fourth-order valence-electron chi connectivity index (χ4n) is 2.66. The zero-order valence-corrected chi connectivity index (χ0v) is 13.4. The molecule has 21 heavy (non-hydrogen) atoms. The first-order chi connectivity index (χ1) is 9.66. The molecule has 2 unspecified atom stereocenters. The fourth-order valence-corrected chi connectivity index (χ4v) is 3.57. The molecule has 1 saturated heterocycles. The average molecular weight is 331 g/mol. The molecule has 1 aromatic rings. The molecule has 2 aliphatic rings. The summed E-state index contributed by atoms with van der Waals surface area (Å²) >= 11 is 1.55. The molecule has 1 aromatic heterocycles. The molecule has 0 aromatic carbocycles. The van der Waals surface area contributed by atoms with Crippen LogP contribution < -0.4 is 16.2 Å². The van der Waals surface area contributed by atoms with Gasteiger partial charge in [-0.2, -0.15) is 0 Å². The minimum atomic E-state index is -0.310. The summed E-state index contributed by atoms with van der Waals surface area (Å²) < 4.78 is 1.59. The molecule has 1 fully saturated rings. The number of aromatic nitrogens is 2. The van der Waals surface area contributed by atoms with Gasteiger partial charge in [0.1, 0.15) is 5.56 Å². The number of fused-ring (bicyclic) bond motifs is 1. The Balaban J connectivity index is 0.00000161. The number of nitrogens with one attached hydrogen (secondary N) is 2. The van der Waals surface area contributed by atoms with E-state index in [1.807, 2.05) is 0 Å². The highest BCUT2D eigenvalue weighted by Gasteiger charge is 2.25. The Bertz CT molecular complexity index is 592. The van der Waals surface area contributed by atoms with Crippen molar-refractivity contribution in [2.75, 3.05) is 12.3 Å². The zero-order chi connectivity index (χ0) is 14.1. The number of amides is 1. The van der Waals surface area contributed by atoms with Crippen molar-refractivity contribution in [2.24, 2.45) is 0 Å². The largest absolute Gasteiger partial charge is 0.348 e. The number of rotatable bonds is 2. The van der Waals surface area contributed by atoms with Gasteiger partial charge in [-0.3, -0.25) is 14.2 Å². The van der Waals surface area contributed by atoms with Crippen LogP contribution in [0.5, 0.6) is 0 Å². The van der Waals surface area contributed by atoms with E-state index in [-0.39, 0.29) is 41.5 Å². The van der Waals surface area contributed by atoms with Crippen molar-refractivity contribution in [1.29, 1.82) is 0 Å². The van der Waals surface area contributed by atoms with Crippen LogP contribution in [0.25, 0.3) is 0 Å². The first-order valence-electron chi connectivity index (χ1n) is 6.93. The summed E-state index contributed by atoms with van der Waals surface area (Å²) in [5.41, 5.74) is -0.0806. The number of hydrogen-bond donors (Lipinski definition) is 2. The number of carbonyl (C=O) groups excluding carboxylic acids is 1. The standard InChI is InChI=1S/C13H18N4O2S.ClH/c1-8-10(3-2-4-14-8)16-11(18)9-7-15-13-17(12(9)19)5-6-20-13;/h7-8,10,14H,2-6H2,1H3,(H,16,18);1H. The maximum absolute atomic E-state index is 12.3. The predicted molar refractivity (Wildman–Crippen MR) is 84.4 cm³/mol. The Kier molecular flexibility index (Phi) is 5.29. The predicted octanol–water partition coefficient (Wildman–Crippen LogP) is 0.641. The van der Waals surface area contributed by atoms with E-state index in [0.29, 0.717) is 11.7 Å². The number of thioether (sulfide) groups is 1. The van der Waals surface area contributed by atoms with Crippen molar-refractivity contribution in [3.63, 3.8) is 0 Å². The third-order valence-electron chi connectivity index (χ3n) is 3.88. The Hall–Kier alpha value is -1.05. The van der Waals surface area contributed by atoms with Crippen LogP contribution in [0.4, 0.5) is 0 Å². The van der Waals surface area contributed by atoms with Gasteiger partial charge in [-0.05, 0) is 26.3 Å². The van der Waals surface area contributed by atoms with Gasteiger partial charge in [0.15, 0.2) is 5.16 Å². The smallest absolute Gasteiger partial charge is 0.267 e. The summed E-state index contributed by atoms with van der Waals surface area (Å²) in [7, 11) is 0. The van der Waals surface area contributed by atoms with E-state index in [1.165, 1.54) is 6.20 Å². The van der Waals surface area contributed by atoms with E-state index in [1.54, 1.807) is 16.3 Å². The van der Waals surface area contributed by atoms with Crippen LogP contribution in [0.3, 0.4) is 0 Å². The molecule has 0 aliphatic carbocycles. The molecule has 2 N–H and O–H groups in total. The minimum absolute atomic E-state index is 0. The lowest BCUT2D eigenvalue weighted by atomic mass is 9.99. The molecule has 116 valence electrons. The summed E-state index contributed by atoms with van der Waals surface area (Å²) in [6, 6.07) is 0.302. The number of piperidine rings is 1. The monoisotopic (exact) mass is 330 g/mol. The molecule has 2 aliphatic heterocycles. The van der Waals surface area contributed by atoms with Crippen LogP contribution in [0.2, 0.25) is 0 Å². The molecule has 8 heteroatoms. The number of hydrogen-bond acceptors (Lipinski definition) is 5. The van der Waals surface area contributed by atoms with Crippen LogP contribution in [0, 0.1) is 0 Å². The van der Waals surface area contributed by atoms with E-state index < -0.39 is 0 Å². The molecular weight excluding hydrogens is 312 g/mol. The molecule has 1 amide bonds. The molecule has 0 spiro atoms. The lowest BCUT2D eigenvalue weighted by Crippen LogP contribution is -2.52. The van der Waals surface area contributed by atoms with Crippen LogP contribution in [-0.4, -0.2) is 39.8 Å². The van der Waals surface area contributed by atoms with Crippen LogP contribution >= 0.6 is 24.2 Å². The molecule has 3 heterocycles. The molecule has 0 saturated carbocycles. The van der Waals surface area contributed by atoms with E-state index >= 15 is 0 Å². The summed E-state index contributed by atoms with van der Waals surface area (Å²) in [6.07, 6.45) is 3.38. The van der Waals surface area contributed by atoms with Gasteiger partial charge in [0, 0.05) is 30.6 Å². The van der Waals surface area contributed by atoms with Gasteiger partial charge in [-0.15, -0.1) is 12.4 Å². The highest BCUT2D eigenvalue weighted by atomic mass is 35.5. The molecule has 2 atom stereocenters. The summed E-state index contributed by atoms with van der Waals surface area (Å²) in [5, 5.41) is 6.99. The van der Waals surface area contributed by atoms with Gasteiger partial charge in [-0.1, -0.05) is 11.8 Å². The van der Waals surface area contributed by atoms with Gasteiger partial charge in [-0.25, -0.2) is 4.98 Å². The normalized spacial score (nSPS) is 24.0. The lowest BCUT2D eigenvalue weighted by Gasteiger charge is -2.30. The molecule has 3 rings (SSSR count). The second-order valence-electron chi connectivity index (χ2n) is 5.22. The van der Waals surface area contributed by atoms with E-state index in [2.05, 4.69) is 22.5 Å². The van der Waals surface area contributed by atoms with Gasteiger partial charge in [0.2, 0.25) is 0 Å². The molecular formula is C13H19ClN4O2S. The summed E-state index contributed by atoms with van der Waals surface area (Å²) in [4.78, 5) is 28.7. The van der Waals surface area contributed by atoms with Crippen molar-refractivity contribution in [1.82, 2.24) is 20.2 Å². The summed E-state index contributed by atoms with van der Waals surface area (Å²) in [5.74, 6) is 0.534. The highest BCUT2D eigenvalue weighted by Crippen LogP contribution is 2.20. The number of halogens is 1. The van der Waals surface area contributed by atoms with E-state index in [9.17, 15) is 9.59 Å². The van der Waals surface area contributed by atoms with Gasteiger partial charge in [0.05, 0.1) is 0 Å². The van der Waals surface area contributed by atoms with Crippen molar-refractivity contribution in [3.05, 3.63) is 22.1 Å². The Morgan fingerprint density at radius 2 is 2.38 bits per heavy atom. The van der Waals surface area contributed by atoms with Crippen LogP contribution in [0.1, 0.15) is 30.1 Å². The van der Waals surface area contributed by atoms with Crippen molar-refractivity contribution in [2.45, 2.75) is 43.6 Å². The quantitative estimate of drug-likeness (QED) is 0.778. The zero-order valence-electron chi connectivity index (χ0n) is 11.8. The SMILES string of the molecule is CC1NCCCC1NC(=O)c1cnc2n(c1=O)CCS2.Cl. The Morgan fingerprint density at radius 1 is 1.57 bits per heavy atom.